The molecule has 0 unspecified atom stereocenters. The monoisotopic (exact) mass is 611 g/mol. The third-order valence-electron chi connectivity index (χ3n) is 7.65. The van der Waals surface area contributed by atoms with E-state index in [0.29, 0.717) is 18.1 Å². The third-order valence-corrected chi connectivity index (χ3v) is 7.65. The largest absolute Gasteiger partial charge is 0.497 e. The Balaban J connectivity index is 1.15. The van der Waals surface area contributed by atoms with E-state index in [-0.39, 0.29) is 37.1 Å². The molecule has 1 aliphatic rings. The van der Waals surface area contributed by atoms with E-state index < -0.39 is 6.04 Å². The molecule has 4 aromatic carbocycles. The van der Waals surface area contributed by atoms with Gasteiger partial charge in [0.2, 0.25) is 5.91 Å². The van der Waals surface area contributed by atoms with Crippen LogP contribution in [0.5, 0.6) is 17.2 Å². The number of anilines is 1. The van der Waals surface area contributed by atoms with Crippen LogP contribution in [0.15, 0.2) is 103 Å². The van der Waals surface area contributed by atoms with Gasteiger partial charge in [0.15, 0.2) is 5.78 Å². The maximum atomic E-state index is 13.4. The maximum absolute atomic E-state index is 13.4. The number of amides is 1. The van der Waals surface area contributed by atoms with Crippen molar-refractivity contribution in [1.82, 2.24) is 10.2 Å². The highest BCUT2D eigenvalue weighted by Gasteiger charge is 2.24. The fraction of sp³-hybridized carbons (Fsp3) is 0.278. The first-order valence-corrected chi connectivity index (χ1v) is 15.0. The smallest absolute Gasteiger partial charge is 0.234 e. The Bertz CT molecular complexity index is 1510. The van der Waals surface area contributed by atoms with E-state index >= 15 is 0 Å². The Morgan fingerprint density at radius 2 is 1.40 bits per heavy atom. The summed E-state index contributed by atoms with van der Waals surface area (Å²) in [5.74, 6) is 1.21. The zero-order valence-electron chi connectivity index (χ0n) is 25.4. The van der Waals surface area contributed by atoms with E-state index in [1.807, 2.05) is 66.7 Å². The minimum Gasteiger partial charge on any atom is -0.497 e. The van der Waals surface area contributed by atoms with Gasteiger partial charge < -0.3 is 24.4 Å². The van der Waals surface area contributed by atoms with Crippen LogP contribution in [0.4, 0.5) is 10.1 Å². The molecule has 1 atom stereocenters. The van der Waals surface area contributed by atoms with Gasteiger partial charge in [0.25, 0.3) is 0 Å². The van der Waals surface area contributed by atoms with Crippen LogP contribution in [-0.4, -0.2) is 69.1 Å². The van der Waals surface area contributed by atoms with Gasteiger partial charge in [-0.05, 0) is 71.8 Å². The van der Waals surface area contributed by atoms with Gasteiger partial charge in [0.1, 0.15) is 29.1 Å². The van der Waals surface area contributed by atoms with E-state index in [0.717, 1.165) is 48.7 Å². The highest BCUT2D eigenvalue weighted by molar-refractivity contribution is 5.91. The van der Waals surface area contributed by atoms with Crippen molar-refractivity contribution >= 4 is 17.4 Å². The van der Waals surface area contributed by atoms with Crippen LogP contribution in [0.3, 0.4) is 0 Å². The minimum atomic E-state index is -0.794. The third kappa shape index (κ3) is 9.63. The summed E-state index contributed by atoms with van der Waals surface area (Å²) in [7, 11) is 1.65. The molecule has 9 heteroatoms. The van der Waals surface area contributed by atoms with E-state index in [1.54, 1.807) is 31.4 Å². The molecular weight excluding hydrogens is 573 g/mol. The Morgan fingerprint density at radius 3 is 2.04 bits per heavy atom. The highest BCUT2D eigenvalue weighted by Crippen LogP contribution is 2.23. The van der Waals surface area contributed by atoms with Gasteiger partial charge >= 0.3 is 0 Å². The average molecular weight is 612 g/mol. The molecule has 0 saturated carbocycles. The molecule has 0 spiro atoms. The summed E-state index contributed by atoms with van der Waals surface area (Å²) >= 11 is 0. The van der Waals surface area contributed by atoms with Gasteiger partial charge in [-0.15, -0.1) is 0 Å². The first-order chi connectivity index (χ1) is 21.9. The molecule has 1 aliphatic heterocycles. The molecule has 4 aromatic rings. The Hall–Kier alpha value is -4.73. The number of benzene rings is 4. The number of carbonyl (C=O) groups is 2. The van der Waals surface area contributed by atoms with Crippen molar-refractivity contribution < 1.29 is 28.2 Å². The van der Waals surface area contributed by atoms with E-state index in [9.17, 15) is 14.0 Å². The topological polar surface area (TPSA) is 80.3 Å². The molecule has 0 bridgehead atoms. The lowest BCUT2D eigenvalue weighted by molar-refractivity contribution is -0.129. The van der Waals surface area contributed by atoms with Gasteiger partial charge in [-0.25, -0.2) is 4.39 Å². The molecule has 0 radical (unpaired) electrons. The van der Waals surface area contributed by atoms with Crippen molar-refractivity contribution in [3.63, 3.8) is 0 Å². The van der Waals surface area contributed by atoms with Crippen LogP contribution in [0.25, 0.3) is 0 Å². The summed E-state index contributed by atoms with van der Waals surface area (Å²) < 4.78 is 30.1. The van der Waals surface area contributed by atoms with Crippen LogP contribution >= 0.6 is 0 Å². The number of rotatable bonds is 14. The van der Waals surface area contributed by atoms with E-state index in [1.165, 1.54) is 12.1 Å². The SMILES string of the molecule is COc1ccc(N2CCN(CC(=O)N[C@@H](COCc3ccccc3)C(=O)Cc3ccc(Oc4ccc(F)cc4)cc3)CC2)cc1. The normalized spacial score (nSPS) is 14.0. The number of nitrogens with zero attached hydrogens (tertiary/aromatic N) is 2. The number of carbonyl (C=O) groups excluding carboxylic acids is 2. The van der Waals surface area contributed by atoms with E-state index in [2.05, 4.69) is 15.1 Å². The summed E-state index contributed by atoms with van der Waals surface area (Å²) in [4.78, 5) is 31.0. The molecular formula is C36H38FN3O5. The van der Waals surface area contributed by atoms with Gasteiger partial charge in [0, 0.05) is 38.3 Å². The number of hydrogen-bond donors (Lipinski definition) is 1. The average Bonchev–Trinajstić information content (AvgIpc) is 3.07. The molecule has 1 fully saturated rings. The summed E-state index contributed by atoms with van der Waals surface area (Å²) in [6.07, 6.45) is 0.122. The summed E-state index contributed by atoms with van der Waals surface area (Å²) in [5, 5.41) is 2.94. The fourth-order valence-corrected chi connectivity index (χ4v) is 5.12. The molecule has 0 aromatic heterocycles. The molecule has 0 aliphatic carbocycles. The Morgan fingerprint density at radius 1 is 0.778 bits per heavy atom. The predicted molar refractivity (Wildman–Crippen MR) is 171 cm³/mol. The Kier molecular flexibility index (Phi) is 11.1. The maximum Gasteiger partial charge on any atom is 0.234 e. The van der Waals surface area contributed by atoms with Crippen LogP contribution in [0.1, 0.15) is 11.1 Å². The molecule has 1 amide bonds. The zero-order chi connectivity index (χ0) is 31.4. The number of methoxy groups -OCH3 is 1. The van der Waals surface area contributed by atoms with Crippen molar-refractivity contribution in [1.29, 1.82) is 0 Å². The number of nitrogens with one attached hydrogen (secondary N) is 1. The molecule has 5 rings (SSSR count). The van der Waals surface area contributed by atoms with Crippen LogP contribution in [0.2, 0.25) is 0 Å². The van der Waals surface area contributed by atoms with Crippen molar-refractivity contribution in [2.75, 3.05) is 51.3 Å². The lowest BCUT2D eigenvalue weighted by Gasteiger charge is -2.36. The molecule has 45 heavy (non-hydrogen) atoms. The zero-order valence-corrected chi connectivity index (χ0v) is 25.4. The van der Waals surface area contributed by atoms with Crippen LogP contribution in [0, 0.1) is 5.82 Å². The number of Topliss-reactive ketones (excluding diaryl/α,β-unsaturated/α-hetero) is 1. The molecule has 1 N–H and O–H groups in total. The van der Waals surface area contributed by atoms with Crippen LogP contribution in [-0.2, 0) is 27.4 Å². The second-order valence-electron chi connectivity index (χ2n) is 10.9. The van der Waals surface area contributed by atoms with Gasteiger partial charge in [-0.3, -0.25) is 14.5 Å². The van der Waals surface area contributed by atoms with Crippen molar-refractivity contribution in [3.05, 3.63) is 120 Å². The second-order valence-corrected chi connectivity index (χ2v) is 10.9. The molecule has 1 saturated heterocycles. The lowest BCUT2D eigenvalue weighted by Crippen LogP contribution is -2.52. The number of halogens is 1. The van der Waals surface area contributed by atoms with Gasteiger partial charge in [0.05, 0.1) is 26.9 Å². The standard InChI is InChI=1S/C36H38FN3O5/c1-43-31-17-11-30(12-18-31)40-21-19-39(20-22-40)24-36(42)38-34(26-44-25-28-5-3-2-4-6-28)35(41)23-27-7-13-32(14-8-27)45-33-15-9-29(37)10-16-33/h2-18,34H,19-26H2,1H3,(H,38,42)/t34-/m0/s1. The van der Waals surface area contributed by atoms with Gasteiger partial charge in [-0.1, -0.05) is 42.5 Å². The van der Waals surface area contributed by atoms with Crippen molar-refractivity contribution in [2.45, 2.75) is 19.1 Å². The van der Waals surface area contributed by atoms with Gasteiger partial charge in [-0.2, -0.15) is 0 Å². The highest BCUT2D eigenvalue weighted by atomic mass is 19.1. The quantitative estimate of drug-likeness (QED) is 0.208. The first-order valence-electron chi connectivity index (χ1n) is 15.0. The number of piperazine rings is 1. The fourth-order valence-electron chi connectivity index (χ4n) is 5.12. The minimum absolute atomic E-state index is 0.0659. The van der Waals surface area contributed by atoms with Crippen molar-refractivity contribution in [3.8, 4) is 17.2 Å². The number of ketones is 1. The predicted octanol–water partition coefficient (Wildman–Crippen LogP) is 5.26. The van der Waals surface area contributed by atoms with E-state index in [4.69, 9.17) is 14.2 Å². The first kappa shape index (κ1) is 31.7. The summed E-state index contributed by atoms with van der Waals surface area (Å²) in [6, 6.07) is 29.8. The summed E-state index contributed by atoms with van der Waals surface area (Å²) in [6.45, 7) is 3.66. The second kappa shape index (κ2) is 15.8. The molecule has 234 valence electrons. The molecule has 1 heterocycles. The Labute approximate surface area is 263 Å². The number of hydrogen-bond acceptors (Lipinski definition) is 7. The number of ether oxygens (including phenoxy) is 3. The van der Waals surface area contributed by atoms with Crippen molar-refractivity contribution in [2.24, 2.45) is 0 Å². The molecule has 8 nitrogen and oxygen atoms in total. The van der Waals surface area contributed by atoms with Crippen LogP contribution < -0.4 is 19.7 Å². The lowest BCUT2D eigenvalue weighted by atomic mass is 10.0. The summed E-state index contributed by atoms with van der Waals surface area (Å²) in [5.41, 5.74) is 2.89.